The topological polar surface area (TPSA) is 108 Å². The summed E-state index contributed by atoms with van der Waals surface area (Å²) in [6.07, 6.45) is -4.82. The number of benzene rings is 2. The van der Waals surface area contributed by atoms with E-state index in [1.807, 2.05) is 0 Å². The lowest BCUT2D eigenvalue weighted by Gasteiger charge is -2.16. The van der Waals surface area contributed by atoms with Crippen molar-refractivity contribution in [2.45, 2.75) is 12.4 Å². The largest absolute Gasteiger partial charge is 0.573 e. The molecule has 2 aromatic carbocycles. The molecule has 7 nitrogen and oxygen atoms in total. The van der Waals surface area contributed by atoms with Crippen LogP contribution in [-0.2, 0) is 0 Å². The van der Waals surface area contributed by atoms with Crippen LogP contribution in [0, 0.1) is 10.1 Å². The monoisotopic (exact) mass is 394 g/mol. The van der Waals surface area contributed by atoms with Gasteiger partial charge in [0.15, 0.2) is 11.5 Å². The first-order valence-electron chi connectivity index (χ1n) is 6.79. The van der Waals surface area contributed by atoms with Crippen molar-refractivity contribution in [2.75, 3.05) is 7.11 Å². The molecule has 3 N–H and O–H groups in total. The Labute approximate surface area is 151 Å². The molecule has 0 saturated carbocycles. The molecule has 2 rings (SSSR count). The van der Waals surface area contributed by atoms with Gasteiger partial charge < -0.3 is 20.3 Å². The third-order valence-corrected chi connectivity index (χ3v) is 3.33. The van der Waals surface area contributed by atoms with Gasteiger partial charge in [-0.15, -0.1) is 25.6 Å². The van der Waals surface area contributed by atoms with E-state index in [9.17, 15) is 28.4 Å². The van der Waals surface area contributed by atoms with Gasteiger partial charge in [-0.1, -0.05) is 12.1 Å². The third kappa shape index (κ3) is 4.90. The van der Waals surface area contributed by atoms with Gasteiger partial charge in [0, 0.05) is 11.6 Å². The number of rotatable bonds is 5. The zero-order chi connectivity index (χ0) is 18.8. The maximum atomic E-state index is 12.2. The normalized spacial score (nSPS) is 12.0. The standard InChI is InChI=1S/C15H13F3N2O5.ClH/c1-24-12-7-9(20(22)23)6-11(14(12)21)13(19)8-2-4-10(5-3-8)25-15(16,17)18;/h2-7,13,21H,19H2,1H3;1H/t13-;/m1./s1. The van der Waals surface area contributed by atoms with Crippen molar-refractivity contribution < 1.29 is 32.7 Å². The van der Waals surface area contributed by atoms with Crippen LogP contribution in [0.25, 0.3) is 0 Å². The number of halogens is 4. The first-order valence-corrected chi connectivity index (χ1v) is 6.79. The fraction of sp³-hybridized carbons (Fsp3) is 0.200. The Morgan fingerprint density at radius 2 is 1.81 bits per heavy atom. The minimum absolute atomic E-state index is 0. The van der Waals surface area contributed by atoms with Crippen molar-refractivity contribution in [2.24, 2.45) is 5.73 Å². The Balaban J connectivity index is 0.00000338. The second kappa shape index (κ2) is 8.11. The van der Waals surface area contributed by atoms with E-state index in [1.165, 1.54) is 19.2 Å². The molecule has 0 bridgehead atoms. The minimum Gasteiger partial charge on any atom is -0.504 e. The maximum absolute atomic E-state index is 12.2. The Kier molecular flexibility index (Phi) is 6.65. The van der Waals surface area contributed by atoms with Gasteiger partial charge in [0.05, 0.1) is 24.1 Å². The molecule has 142 valence electrons. The molecule has 26 heavy (non-hydrogen) atoms. The number of hydrogen-bond donors (Lipinski definition) is 2. The van der Waals surface area contributed by atoms with Crippen LogP contribution < -0.4 is 15.2 Å². The zero-order valence-electron chi connectivity index (χ0n) is 13.2. The number of nitrogens with zero attached hydrogens (tertiary/aromatic N) is 1. The number of phenolic OH excluding ortho intramolecular Hbond substituents is 1. The molecule has 11 heteroatoms. The summed E-state index contributed by atoms with van der Waals surface area (Å²) in [7, 11) is 1.22. The number of hydrogen-bond acceptors (Lipinski definition) is 6. The van der Waals surface area contributed by atoms with Crippen LogP contribution in [0.15, 0.2) is 36.4 Å². The fourth-order valence-corrected chi connectivity index (χ4v) is 2.17. The van der Waals surface area contributed by atoms with E-state index in [0.717, 1.165) is 24.3 Å². The van der Waals surface area contributed by atoms with E-state index in [-0.39, 0.29) is 29.4 Å². The number of nitro groups is 1. The summed E-state index contributed by atoms with van der Waals surface area (Å²) in [4.78, 5) is 10.3. The van der Waals surface area contributed by atoms with Crippen LogP contribution in [0.1, 0.15) is 17.2 Å². The van der Waals surface area contributed by atoms with E-state index >= 15 is 0 Å². The number of alkyl halides is 3. The molecule has 1 atom stereocenters. The van der Waals surface area contributed by atoms with Gasteiger partial charge in [-0.05, 0) is 17.7 Å². The van der Waals surface area contributed by atoms with E-state index in [2.05, 4.69) is 4.74 Å². The highest BCUT2D eigenvalue weighted by Crippen LogP contribution is 2.39. The number of phenols is 1. The summed E-state index contributed by atoms with van der Waals surface area (Å²) in [6, 6.07) is 5.69. The van der Waals surface area contributed by atoms with Crippen LogP contribution in [0.5, 0.6) is 17.2 Å². The minimum atomic E-state index is -4.82. The van der Waals surface area contributed by atoms with Gasteiger partial charge in [0.1, 0.15) is 5.75 Å². The van der Waals surface area contributed by atoms with E-state index in [1.54, 1.807) is 0 Å². The molecule has 0 heterocycles. The number of nitro benzene ring substituents is 1. The van der Waals surface area contributed by atoms with Crippen molar-refractivity contribution in [1.29, 1.82) is 0 Å². The summed E-state index contributed by atoms with van der Waals surface area (Å²) in [5.74, 6) is -0.975. The molecule has 2 aromatic rings. The Hall–Kier alpha value is -2.72. The van der Waals surface area contributed by atoms with Crippen LogP contribution in [0.3, 0.4) is 0 Å². The SMILES string of the molecule is COc1cc([N+](=O)[O-])cc([C@H](N)c2ccc(OC(F)(F)F)cc2)c1O.Cl. The lowest BCUT2D eigenvalue weighted by atomic mass is 9.97. The number of nitrogens with two attached hydrogens (primary N) is 1. The average Bonchev–Trinajstić information content (AvgIpc) is 2.53. The van der Waals surface area contributed by atoms with Gasteiger partial charge in [-0.2, -0.15) is 0 Å². The van der Waals surface area contributed by atoms with Gasteiger partial charge in [0.25, 0.3) is 5.69 Å². The maximum Gasteiger partial charge on any atom is 0.573 e. The van der Waals surface area contributed by atoms with Crippen LogP contribution in [0.2, 0.25) is 0 Å². The summed E-state index contributed by atoms with van der Waals surface area (Å²) < 4.78 is 45.1. The predicted octanol–water partition coefficient (Wildman–Crippen LogP) is 3.68. The first-order chi connectivity index (χ1) is 11.6. The smallest absolute Gasteiger partial charge is 0.504 e. The van der Waals surface area contributed by atoms with Crippen molar-refractivity contribution in [1.82, 2.24) is 0 Å². The molecule has 0 aromatic heterocycles. The molecular weight excluding hydrogens is 381 g/mol. The van der Waals surface area contributed by atoms with Crippen LogP contribution in [-0.4, -0.2) is 23.5 Å². The molecule has 0 aliphatic carbocycles. The second-order valence-corrected chi connectivity index (χ2v) is 4.94. The quantitative estimate of drug-likeness (QED) is 0.591. The van der Waals surface area contributed by atoms with Crippen LogP contribution in [0.4, 0.5) is 18.9 Å². The molecule has 0 saturated heterocycles. The lowest BCUT2D eigenvalue weighted by molar-refractivity contribution is -0.385. The number of ether oxygens (including phenoxy) is 2. The van der Waals surface area contributed by atoms with Crippen molar-refractivity contribution in [3.8, 4) is 17.2 Å². The molecule has 0 radical (unpaired) electrons. The number of methoxy groups -OCH3 is 1. The highest BCUT2D eigenvalue weighted by Gasteiger charge is 2.31. The van der Waals surface area contributed by atoms with Crippen molar-refractivity contribution in [3.63, 3.8) is 0 Å². The summed E-state index contributed by atoms with van der Waals surface area (Å²) in [6.45, 7) is 0. The summed E-state index contributed by atoms with van der Waals surface area (Å²) in [5.41, 5.74) is 5.94. The zero-order valence-corrected chi connectivity index (χ0v) is 14.0. The number of non-ortho nitro benzene ring substituents is 1. The van der Waals surface area contributed by atoms with E-state index in [0.29, 0.717) is 5.56 Å². The highest BCUT2D eigenvalue weighted by atomic mass is 35.5. The first kappa shape index (κ1) is 21.3. The Morgan fingerprint density at radius 3 is 2.27 bits per heavy atom. The van der Waals surface area contributed by atoms with E-state index < -0.39 is 28.8 Å². The van der Waals surface area contributed by atoms with E-state index in [4.69, 9.17) is 10.5 Å². The van der Waals surface area contributed by atoms with Crippen LogP contribution >= 0.6 is 12.4 Å². The summed E-state index contributed by atoms with van der Waals surface area (Å²) in [5, 5.41) is 21.1. The highest BCUT2D eigenvalue weighted by molar-refractivity contribution is 5.85. The molecule has 0 unspecified atom stereocenters. The molecule has 0 aliphatic rings. The van der Waals surface area contributed by atoms with Gasteiger partial charge in [-0.3, -0.25) is 10.1 Å². The Bertz CT molecular complexity index is 784. The summed E-state index contributed by atoms with van der Waals surface area (Å²) >= 11 is 0. The second-order valence-electron chi connectivity index (χ2n) is 4.94. The third-order valence-electron chi connectivity index (χ3n) is 3.33. The average molecular weight is 395 g/mol. The molecule has 0 fully saturated rings. The molecule has 0 amide bonds. The van der Waals surface area contributed by atoms with Gasteiger partial charge in [-0.25, -0.2) is 0 Å². The lowest BCUT2D eigenvalue weighted by Crippen LogP contribution is -2.17. The van der Waals surface area contributed by atoms with Crippen molar-refractivity contribution in [3.05, 3.63) is 57.6 Å². The Morgan fingerprint density at radius 1 is 1.23 bits per heavy atom. The molecule has 0 aliphatic heterocycles. The van der Waals surface area contributed by atoms with Gasteiger partial charge in [0.2, 0.25) is 0 Å². The predicted molar refractivity (Wildman–Crippen MR) is 87.7 cm³/mol. The molecule has 0 spiro atoms. The van der Waals surface area contributed by atoms with Gasteiger partial charge >= 0.3 is 6.36 Å². The number of aromatic hydroxyl groups is 1. The van der Waals surface area contributed by atoms with Crippen molar-refractivity contribution >= 4 is 18.1 Å². The molecular formula is C15H14ClF3N2O5. The fourth-order valence-electron chi connectivity index (χ4n) is 2.17.